The van der Waals surface area contributed by atoms with Crippen molar-refractivity contribution in [3.05, 3.63) is 54.1 Å². The van der Waals surface area contributed by atoms with E-state index in [2.05, 4.69) is 25.9 Å². The molecule has 112 valence electrons. The lowest BCUT2D eigenvalue weighted by Gasteiger charge is -2.11. The molecule has 0 aliphatic heterocycles. The van der Waals surface area contributed by atoms with E-state index in [1.54, 1.807) is 18.2 Å². The number of para-hydroxylation sites is 1. The minimum absolute atomic E-state index is 0.398. The third-order valence-electron chi connectivity index (χ3n) is 3.00. The van der Waals surface area contributed by atoms with Crippen molar-refractivity contribution in [2.45, 2.75) is 6.18 Å². The number of rotatable bonds is 3. The van der Waals surface area contributed by atoms with Gasteiger partial charge in [0.15, 0.2) is 0 Å². The van der Waals surface area contributed by atoms with Crippen LogP contribution in [0, 0.1) is 0 Å². The number of H-pyrrole nitrogens is 1. The van der Waals surface area contributed by atoms with E-state index in [9.17, 15) is 13.2 Å². The SMILES string of the molecule is FC(F)(F)c1ccc(Nc2ccccc2-c2nn[nH]n2)cc1. The first-order valence-corrected chi connectivity index (χ1v) is 6.31. The molecule has 22 heavy (non-hydrogen) atoms. The molecule has 0 unspecified atom stereocenters. The molecule has 0 fully saturated rings. The number of nitrogens with one attached hydrogen (secondary N) is 2. The summed E-state index contributed by atoms with van der Waals surface area (Å²) in [7, 11) is 0. The fourth-order valence-electron chi connectivity index (χ4n) is 1.96. The van der Waals surface area contributed by atoms with Crippen LogP contribution >= 0.6 is 0 Å². The number of tetrazole rings is 1. The highest BCUT2D eigenvalue weighted by atomic mass is 19.4. The number of aromatic amines is 1. The summed E-state index contributed by atoms with van der Waals surface area (Å²) in [6.07, 6.45) is -4.35. The highest BCUT2D eigenvalue weighted by Crippen LogP contribution is 2.31. The van der Waals surface area contributed by atoms with Gasteiger partial charge < -0.3 is 5.32 Å². The van der Waals surface area contributed by atoms with Gasteiger partial charge in [0.25, 0.3) is 0 Å². The van der Waals surface area contributed by atoms with Gasteiger partial charge in [-0.3, -0.25) is 0 Å². The maximum atomic E-state index is 12.5. The molecule has 3 rings (SSSR count). The summed E-state index contributed by atoms with van der Waals surface area (Å²) in [6, 6.07) is 12.0. The fraction of sp³-hybridized carbons (Fsp3) is 0.0714. The van der Waals surface area contributed by atoms with Crippen LogP contribution in [-0.4, -0.2) is 20.6 Å². The molecule has 1 aromatic heterocycles. The predicted octanol–water partition coefficient (Wildman–Crippen LogP) is 3.63. The summed E-state index contributed by atoms with van der Waals surface area (Å²) >= 11 is 0. The van der Waals surface area contributed by atoms with Gasteiger partial charge in [-0.1, -0.05) is 12.1 Å². The molecule has 0 atom stereocenters. The molecule has 0 spiro atoms. The Morgan fingerprint density at radius 3 is 2.32 bits per heavy atom. The van der Waals surface area contributed by atoms with Crippen molar-refractivity contribution < 1.29 is 13.2 Å². The van der Waals surface area contributed by atoms with Crippen molar-refractivity contribution in [2.75, 3.05) is 5.32 Å². The lowest BCUT2D eigenvalue weighted by atomic mass is 10.1. The maximum absolute atomic E-state index is 12.5. The van der Waals surface area contributed by atoms with Crippen LogP contribution in [0.2, 0.25) is 0 Å². The van der Waals surface area contributed by atoms with Crippen molar-refractivity contribution in [1.82, 2.24) is 20.6 Å². The Hall–Kier alpha value is -2.90. The average molecular weight is 305 g/mol. The molecular weight excluding hydrogens is 295 g/mol. The second-order valence-electron chi connectivity index (χ2n) is 4.48. The van der Waals surface area contributed by atoms with Crippen LogP contribution in [0.15, 0.2) is 48.5 Å². The number of benzene rings is 2. The minimum atomic E-state index is -4.35. The van der Waals surface area contributed by atoms with Crippen LogP contribution in [0.25, 0.3) is 11.4 Å². The Kier molecular flexibility index (Phi) is 3.50. The molecule has 0 saturated carbocycles. The summed E-state index contributed by atoms with van der Waals surface area (Å²) < 4.78 is 37.6. The largest absolute Gasteiger partial charge is 0.416 e. The minimum Gasteiger partial charge on any atom is -0.355 e. The predicted molar refractivity (Wildman–Crippen MR) is 74.3 cm³/mol. The zero-order chi connectivity index (χ0) is 15.6. The first-order valence-electron chi connectivity index (χ1n) is 6.31. The van der Waals surface area contributed by atoms with Crippen LogP contribution in [0.1, 0.15) is 5.56 Å². The summed E-state index contributed by atoms with van der Waals surface area (Å²) in [6.45, 7) is 0. The van der Waals surface area contributed by atoms with Crippen molar-refractivity contribution in [3.63, 3.8) is 0 Å². The van der Waals surface area contributed by atoms with Crippen molar-refractivity contribution >= 4 is 11.4 Å². The number of nitrogens with zero attached hydrogens (tertiary/aromatic N) is 3. The van der Waals surface area contributed by atoms with Gasteiger partial charge in [-0.15, -0.1) is 10.2 Å². The summed E-state index contributed by atoms with van der Waals surface area (Å²) in [5, 5.41) is 16.7. The monoisotopic (exact) mass is 305 g/mol. The number of anilines is 2. The topological polar surface area (TPSA) is 66.5 Å². The molecule has 0 radical (unpaired) electrons. The second kappa shape index (κ2) is 5.47. The van der Waals surface area contributed by atoms with Gasteiger partial charge in [-0.25, -0.2) is 0 Å². The maximum Gasteiger partial charge on any atom is 0.416 e. The zero-order valence-electron chi connectivity index (χ0n) is 11.1. The van der Waals surface area contributed by atoms with E-state index in [0.717, 1.165) is 12.1 Å². The summed E-state index contributed by atoms with van der Waals surface area (Å²) in [4.78, 5) is 0. The lowest BCUT2D eigenvalue weighted by Crippen LogP contribution is -2.04. The molecule has 0 bridgehead atoms. The van der Waals surface area contributed by atoms with Crippen LogP contribution in [0.3, 0.4) is 0 Å². The summed E-state index contributed by atoms with van der Waals surface area (Å²) in [5.74, 6) is 0.398. The molecule has 0 amide bonds. The van der Waals surface area contributed by atoms with Gasteiger partial charge in [-0.2, -0.15) is 18.4 Å². The molecular formula is C14H10F3N5. The Balaban J connectivity index is 1.88. The fourth-order valence-corrected chi connectivity index (χ4v) is 1.96. The molecule has 0 aliphatic carbocycles. The highest BCUT2D eigenvalue weighted by Gasteiger charge is 2.29. The van der Waals surface area contributed by atoms with E-state index in [4.69, 9.17) is 0 Å². The van der Waals surface area contributed by atoms with Crippen molar-refractivity contribution in [3.8, 4) is 11.4 Å². The van der Waals surface area contributed by atoms with E-state index in [-0.39, 0.29) is 0 Å². The van der Waals surface area contributed by atoms with E-state index >= 15 is 0 Å². The molecule has 2 N–H and O–H groups in total. The van der Waals surface area contributed by atoms with E-state index < -0.39 is 11.7 Å². The third-order valence-corrected chi connectivity index (χ3v) is 3.00. The Labute approximate surface area is 123 Å². The van der Waals surface area contributed by atoms with Crippen molar-refractivity contribution in [1.29, 1.82) is 0 Å². The lowest BCUT2D eigenvalue weighted by molar-refractivity contribution is -0.137. The molecule has 0 saturated heterocycles. The van der Waals surface area contributed by atoms with E-state index in [1.165, 1.54) is 12.1 Å². The summed E-state index contributed by atoms with van der Waals surface area (Å²) in [5.41, 5.74) is 1.20. The zero-order valence-corrected chi connectivity index (χ0v) is 11.1. The Bertz CT molecular complexity index is 751. The second-order valence-corrected chi connectivity index (χ2v) is 4.48. The van der Waals surface area contributed by atoms with Crippen LogP contribution in [-0.2, 0) is 6.18 Å². The molecule has 8 heteroatoms. The van der Waals surface area contributed by atoms with Crippen molar-refractivity contribution in [2.24, 2.45) is 0 Å². The van der Waals surface area contributed by atoms with Gasteiger partial charge in [-0.05, 0) is 41.6 Å². The number of hydrogen-bond acceptors (Lipinski definition) is 4. The van der Waals surface area contributed by atoms with Gasteiger partial charge in [0.05, 0.1) is 5.56 Å². The highest BCUT2D eigenvalue weighted by molar-refractivity contribution is 5.77. The molecule has 2 aromatic carbocycles. The first kappa shape index (κ1) is 14.1. The first-order chi connectivity index (χ1) is 10.5. The molecule has 1 heterocycles. The van der Waals surface area contributed by atoms with Crippen LogP contribution in [0.4, 0.5) is 24.5 Å². The molecule has 5 nitrogen and oxygen atoms in total. The van der Waals surface area contributed by atoms with Crippen LogP contribution in [0.5, 0.6) is 0 Å². The van der Waals surface area contributed by atoms with Crippen LogP contribution < -0.4 is 5.32 Å². The van der Waals surface area contributed by atoms with E-state index in [0.29, 0.717) is 22.8 Å². The van der Waals surface area contributed by atoms with Gasteiger partial charge in [0.1, 0.15) is 0 Å². The van der Waals surface area contributed by atoms with Gasteiger partial charge in [0, 0.05) is 16.9 Å². The van der Waals surface area contributed by atoms with Gasteiger partial charge >= 0.3 is 6.18 Å². The standard InChI is InChI=1S/C14H10F3N5/c15-14(16,17)9-5-7-10(8-6-9)18-12-4-2-1-3-11(12)13-19-21-22-20-13/h1-8,18H,(H,19,20,21,22). The number of halogens is 3. The van der Waals surface area contributed by atoms with Gasteiger partial charge in [0.2, 0.25) is 5.82 Å². The van der Waals surface area contributed by atoms with E-state index in [1.807, 2.05) is 6.07 Å². The number of alkyl halides is 3. The Morgan fingerprint density at radius 2 is 1.68 bits per heavy atom. The normalized spacial score (nSPS) is 11.4. The number of aromatic nitrogens is 4. The molecule has 0 aliphatic rings. The quantitative estimate of drug-likeness (QED) is 0.775. The smallest absolute Gasteiger partial charge is 0.355 e. The average Bonchev–Trinajstić information content (AvgIpc) is 3.01. The third kappa shape index (κ3) is 2.90. The Morgan fingerprint density at radius 1 is 0.955 bits per heavy atom. The molecule has 3 aromatic rings. The number of hydrogen-bond donors (Lipinski definition) is 2.